The van der Waals surface area contributed by atoms with Crippen LogP contribution >= 0.6 is 24.0 Å². The summed E-state index contributed by atoms with van der Waals surface area (Å²) in [4.78, 5) is 7.87. The highest BCUT2D eigenvalue weighted by molar-refractivity contribution is 14.0. The lowest BCUT2D eigenvalue weighted by Crippen LogP contribution is -2.56. The van der Waals surface area contributed by atoms with Gasteiger partial charge in [-0.2, -0.15) is 13.2 Å². The monoisotopic (exact) mass is 496 g/mol. The van der Waals surface area contributed by atoms with Crippen molar-refractivity contribution in [3.63, 3.8) is 0 Å². The number of rotatable bonds is 4. The standard InChI is InChI=1S/C19H27F3N4.HI/c1-14(19(20,21)22)25-8-10-26(11-9-25)18(23-2)24-13-16-12-17(16)15-6-4-3-5-7-15;/h3-7,14,16-17H,8-13H2,1-2H3,(H,23,24);1H. The molecule has 2 fully saturated rings. The van der Waals surface area contributed by atoms with Crippen molar-refractivity contribution < 1.29 is 13.2 Å². The molecule has 0 bridgehead atoms. The first-order valence-corrected chi connectivity index (χ1v) is 9.21. The number of benzene rings is 1. The van der Waals surface area contributed by atoms with E-state index in [0.29, 0.717) is 38.0 Å². The summed E-state index contributed by atoms with van der Waals surface area (Å²) in [6, 6.07) is 9.11. The molecule has 0 radical (unpaired) electrons. The number of hydrogen-bond acceptors (Lipinski definition) is 2. The van der Waals surface area contributed by atoms with Crippen molar-refractivity contribution in [3.8, 4) is 0 Å². The molecule has 3 rings (SSSR count). The molecule has 0 spiro atoms. The number of halogens is 4. The molecule has 0 aromatic heterocycles. The molecule has 1 aromatic rings. The normalized spacial score (nSPS) is 24.9. The smallest absolute Gasteiger partial charge is 0.356 e. The first kappa shape index (κ1) is 22.3. The van der Waals surface area contributed by atoms with Crippen molar-refractivity contribution in [2.24, 2.45) is 10.9 Å². The van der Waals surface area contributed by atoms with E-state index >= 15 is 0 Å². The van der Waals surface area contributed by atoms with Crippen LogP contribution in [-0.2, 0) is 0 Å². The van der Waals surface area contributed by atoms with Crippen molar-refractivity contribution in [2.45, 2.75) is 31.5 Å². The number of piperazine rings is 1. The van der Waals surface area contributed by atoms with Gasteiger partial charge in [-0.15, -0.1) is 24.0 Å². The average Bonchev–Trinajstić information content (AvgIpc) is 3.42. The van der Waals surface area contributed by atoms with E-state index in [-0.39, 0.29) is 24.0 Å². The lowest BCUT2D eigenvalue weighted by Gasteiger charge is -2.39. The fourth-order valence-corrected chi connectivity index (χ4v) is 3.66. The number of aliphatic imine (C=N–C) groups is 1. The molecule has 1 aromatic carbocycles. The van der Waals surface area contributed by atoms with Gasteiger partial charge in [0, 0.05) is 39.8 Å². The highest BCUT2D eigenvalue weighted by Gasteiger charge is 2.41. The SMILES string of the molecule is CN=C(NCC1CC1c1ccccc1)N1CCN(C(C)C(F)(F)F)CC1.I. The highest BCUT2D eigenvalue weighted by atomic mass is 127. The zero-order valence-corrected chi connectivity index (χ0v) is 18.1. The lowest BCUT2D eigenvalue weighted by atomic mass is 10.1. The van der Waals surface area contributed by atoms with E-state index in [0.717, 1.165) is 12.5 Å². The second kappa shape index (κ2) is 9.45. The molecule has 8 heteroatoms. The van der Waals surface area contributed by atoms with Crippen molar-refractivity contribution in [1.29, 1.82) is 0 Å². The Kier molecular flexibility index (Phi) is 7.79. The van der Waals surface area contributed by atoms with E-state index < -0.39 is 12.2 Å². The predicted octanol–water partition coefficient (Wildman–Crippen LogP) is 3.55. The van der Waals surface area contributed by atoms with Gasteiger partial charge < -0.3 is 10.2 Å². The van der Waals surface area contributed by atoms with Crippen LogP contribution in [0.25, 0.3) is 0 Å². The quantitative estimate of drug-likeness (QED) is 0.393. The van der Waals surface area contributed by atoms with Crippen molar-refractivity contribution in [3.05, 3.63) is 35.9 Å². The van der Waals surface area contributed by atoms with Gasteiger partial charge in [0.05, 0.1) is 0 Å². The second-order valence-corrected chi connectivity index (χ2v) is 7.18. The van der Waals surface area contributed by atoms with E-state index in [1.54, 1.807) is 7.05 Å². The number of nitrogens with zero attached hydrogens (tertiary/aromatic N) is 3. The minimum atomic E-state index is -4.17. The summed E-state index contributed by atoms with van der Waals surface area (Å²) < 4.78 is 38.6. The molecule has 1 heterocycles. The topological polar surface area (TPSA) is 30.9 Å². The first-order valence-electron chi connectivity index (χ1n) is 9.21. The summed E-state index contributed by atoms with van der Waals surface area (Å²) in [5.74, 6) is 2.00. The molecule has 2 aliphatic rings. The maximum atomic E-state index is 12.9. The van der Waals surface area contributed by atoms with Crippen LogP contribution in [0.4, 0.5) is 13.2 Å². The van der Waals surface area contributed by atoms with Crippen LogP contribution < -0.4 is 5.32 Å². The summed E-state index contributed by atoms with van der Waals surface area (Å²) >= 11 is 0. The van der Waals surface area contributed by atoms with Crippen LogP contribution in [0, 0.1) is 5.92 Å². The Bertz CT molecular complexity index is 615. The maximum absolute atomic E-state index is 12.9. The first-order chi connectivity index (χ1) is 12.4. The van der Waals surface area contributed by atoms with Gasteiger partial charge in [0.25, 0.3) is 0 Å². The molecule has 3 atom stereocenters. The Morgan fingerprint density at radius 3 is 2.37 bits per heavy atom. The van der Waals surface area contributed by atoms with Gasteiger partial charge in [0.1, 0.15) is 6.04 Å². The molecule has 0 amide bonds. The van der Waals surface area contributed by atoms with Crippen LogP contribution in [0.1, 0.15) is 24.8 Å². The number of guanidine groups is 1. The average molecular weight is 496 g/mol. The zero-order valence-electron chi connectivity index (χ0n) is 15.7. The Morgan fingerprint density at radius 1 is 1.19 bits per heavy atom. The summed E-state index contributed by atoms with van der Waals surface area (Å²) in [5.41, 5.74) is 1.38. The summed E-state index contributed by atoms with van der Waals surface area (Å²) in [6.45, 7) is 4.01. The van der Waals surface area contributed by atoms with Crippen LogP contribution in [0.15, 0.2) is 35.3 Å². The molecule has 1 N–H and O–H groups in total. The van der Waals surface area contributed by atoms with E-state index in [1.807, 2.05) is 6.07 Å². The summed E-state index contributed by atoms with van der Waals surface area (Å²) in [7, 11) is 1.73. The van der Waals surface area contributed by atoms with Gasteiger partial charge in [-0.1, -0.05) is 30.3 Å². The molecule has 1 aliphatic heterocycles. The van der Waals surface area contributed by atoms with Gasteiger partial charge in [0.15, 0.2) is 5.96 Å². The summed E-state index contributed by atoms with van der Waals surface area (Å²) in [6.07, 6.45) is -2.99. The van der Waals surface area contributed by atoms with E-state index in [4.69, 9.17) is 0 Å². The molecule has 3 unspecified atom stereocenters. The molecular weight excluding hydrogens is 468 g/mol. The van der Waals surface area contributed by atoms with Crippen molar-refractivity contribution in [2.75, 3.05) is 39.8 Å². The molecule has 4 nitrogen and oxygen atoms in total. The van der Waals surface area contributed by atoms with E-state index in [2.05, 4.69) is 39.5 Å². The minimum Gasteiger partial charge on any atom is -0.356 e. The molecule has 1 saturated heterocycles. The Morgan fingerprint density at radius 2 is 1.81 bits per heavy atom. The van der Waals surface area contributed by atoms with Crippen LogP contribution in [-0.4, -0.2) is 67.7 Å². The maximum Gasteiger partial charge on any atom is 0.403 e. The van der Waals surface area contributed by atoms with Crippen molar-refractivity contribution in [1.82, 2.24) is 15.1 Å². The van der Waals surface area contributed by atoms with Crippen LogP contribution in [0.2, 0.25) is 0 Å². The number of hydrogen-bond donors (Lipinski definition) is 1. The lowest BCUT2D eigenvalue weighted by molar-refractivity contribution is -0.181. The Balaban J connectivity index is 0.00000261. The molecule has 1 saturated carbocycles. The van der Waals surface area contributed by atoms with E-state index in [1.165, 1.54) is 23.8 Å². The Labute approximate surface area is 176 Å². The fourth-order valence-electron chi connectivity index (χ4n) is 3.66. The van der Waals surface area contributed by atoms with Gasteiger partial charge >= 0.3 is 6.18 Å². The van der Waals surface area contributed by atoms with Crippen LogP contribution in [0.3, 0.4) is 0 Å². The fraction of sp³-hybridized carbons (Fsp3) is 0.632. The van der Waals surface area contributed by atoms with Gasteiger partial charge in [-0.05, 0) is 30.7 Å². The van der Waals surface area contributed by atoms with Crippen molar-refractivity contribution >= 4 is 29.9 Å². The predicted molar refractivity (Wildman–Crippen MR) is 113 cm³/mol. The Hall–Kier alpha value is -1.03. The van der Waals surface area contributed by atoms with Crippen LogP contribution in [0.5, 0.6) is 0 Å². The number of nitrogens with one attached hydrogen (secondary N) is 1. The largest absolute Gasteiger partial charge is 0.403 e. The van der Waals surface area contributed by atoms with Gasteiger partial charge in [0.2, 0.25) is 0 Å². The summed E-state index contributed by atoms with van der Waals surface area (Å²) in [5, 5.41) is 3.41. The third kappa shape index (κ3) is 5.73. The molecule has 1 aliphatic carbocycles. The molecular formula is C19H28F3IN4. The molecule has 152 valence electrons. The third-order valence-corrected chi connectivity index (χ3v) is 5.52. The zero-order chi connectivity index (χ0) is 18.7. The highest BCUT2D eigenvalue weighted by Crippen LogP contribution is 2.46. The van der Waals surface area contributed by atoms with E-state index in [9.17, 15) is 13.2 Å². The molecule has 27 heavy (non-hydrogen) atoms. The number of alkyl halides is 3. The van der Waals surface area contributed by atoms with Gasteiger partial charge in [-0.3, -0.25) is 9.89 Å². The second-order valence-electron chi connectivity index (χ2n) is 7.18. The van der Waals surface area contributed by atoms with Gasteiger partial charge in [-0.25, -0.2) is 0 Å². The third-order valence-electron chi connectivity index (χ3n) is 5.52. The minimum absolute atomic E-state index is 0.